The molecule has 0 fully saturated rings. The van der Waals surface area contributed by atoms with Crippen molar-refractivity contribution >= 4 is 28.7 Å². The van der Waals surface area contributed by atoms with Crippen molar-refractivity contribution in [1.29, 1.82) is 0 Å². The van der Waals surface area contributed by atoms with Gasteiger partial charge in [-0.15, -0.1) is 0 Å². The maximum absolute atomic E-state index is 5.73. The number of rotatable bonds is 5. The number of nitrogens with zero attached hydrogens (tertiary/aromatic N) is 1. The molecule has 0 bridgehead atoms. The third-order valence-corrected chi connectivity index (χ3v) is 3.17. The van der Waals surface area contributed by atoms with Crippen molar-refractivity contribution in [3.8, 4) is 11.5 Å². The molecular formula is C15H17N3O2S. The Bertz CT molecular complexity index is 674. The zero-order valence-electron chi connectivity index (χ0n) is 12.1. The lowest BCUT2D eigenvalue weighted by Gasteiger charge is -2.13. The van der Waals surface area contributed by atoms with Crippen molar-refractivity contribution in [2.45, 2.75) is 6.92 Å². The van der Waals surface area contributed by atoms with E-state index in [2.05, 4.69) is 10.3 Å². The summed E-state index contributed by atoms with van der Waals surface area (Å²) in [7, 11) is 3.19. The van der Waals surface area contributed by atoms with Crippen LogP contribution in [0.3, 0.4) is 0 Å². The molecule has 1 heterocycles. The van der Waals surface area contributed by atoms with Gasteiger partial charge in [0.05, 0.1) is 19.8 Å². The van der Waals surface area contributed by atoms with Crippen LogP contribution in [0, 0.1) is 6.92 Å². The summed E-state index contributed by atoms with van der Waals surface area (Å²) in [6.07, 6.45) is 0. The van der Waals surface area contributed by atoms with E-state index in [4.69, 9.17) is 27.4 Å². The first-order valence-corrected chi connectivity index (χ1v) is 6.72. The zero-order valence-corrected chi connectivity index (χ0v) is 13.0. The Morgan fingerprint density at radius 1 is 1.14 bits per heavy atom. The maximum atomic E-state index is 5.73. The summed E-state index contributed by atoms with van der Waals surface area (Å²) in [5.41, 5.74) is 8.11. The van der Waals surface area contributed by atoms with Crippen LogP contribution < -0.4 is 20.5 Å². The summed E-state index contributed by atoms with van der Waals surface area (Å²) in [5.74, 6) is 1.91. The van der Waals surface area contributed by atoms with Crippen LogP contribution in [0.5, 0.6) is 11.5 Å². The molecule has 5 nitrogen and oxygen atoms in total. The highest BCUT2D eigenvalue weighted by atomic mass is 32.1. The van der Waals surface area contributed by atoms with Crippen LogP contribution in [0.4, 0.5) is 11.5 Å². The maximum Gasteiger partial charge on any atom is 0.162 e. The number of methoxy groups -OCH3 is 2. The molecule has 3 N–H and O–H groups in total. The van der Waals surface area contributed by atoms with E-state index in [1.807, 2.05) is 37.3 Å². The summed E-state index contributed by atoms with van der Waals surface area (Å²) in [4.78, 5) is 4.73. The molecule has 0 saturated carbocycles. The van der Waals surface area contributed by atoms with Gasteiger partial charge >= 0.3 is 0 Å². The van der Waals surface area contributed by atoms with Crippen LogP contribution in [0.15, 0.2) is 30.3 Å². The SMILES string of the molecule is COc1ccc(Nc2nc(C)ccc2C(N)=S)cc1OC. The Morgan fingerprint density at radius 2 is 1.86 bits per heavy atom. The van der Waals surface area contributed by atoms with E-state index in [0.717, 1.165) is 11.4 Å². The molecule has 0 unspecified atom stereocenters. The van der Waals surface area contributed by atoms with Crippen LogP contribution in [0.25, 0.3) is 0 Å². The molecule has 2 rings (SSSR count). The van der Waals surface area contributed by atoms with Gasteiger partial charge in [-0.05, 0) is 31.2 Å². The number of aryl methyl sites for hydroxylation is 1. The second-order valence-electron chi connectivity index (χ2n) is 4.41. The molecule has 1 aromatic carbocycles. The number of benzene rings is 1. The van der Waals surface area contributed by atoms with Gasteiger partial charge in [0.1, 0.15) is 10.8 Å². The molecule has 0 atom stereocenters. The molecular weight excluding hydrogens is 286 g/mol. The van der Waals surface area contributed by atoms with Gasteiger partial charge in [0, 0.05) is 17.4 Å². The van der Waals surface area contributed by atoms with Crippen molar-refractivity contribution in [1.82, 2.24) is 4.98 Å². The van der Waals surface area contributed by atoms with Crippen LogP contribution in [0.1, 0.15) is 11.3 Å². The number of anilines is 2. The normalized spacial score (nSPS) is 10.0. The minimum absolute atomic E-state index is 0.297. The van der Waals surface area contributed by atoms with Crippen molar-refractivity contribution in [3.05, 3.63) is 41.6 Å². The Morgan fingerprint density at radius 3 is 2.48 bits per heavy atom. The predicted molar refractivity (Wildman–Crippen MR) is 87.7 cm³/mol. The Labute approximate surface area is 129 Å². The molecule has 0 amide bonds. The Balaban J connectivity index is 2.38. The lowest BCUT2D eigenvalue weighted by Crippen LogP contribution is -2.13. The first-order valence-electron chi connectivity index (χ1n) is 6.31. The number of nitrogens with two attached hydrogens (primary N) is 1. The molecule has 0 radical (unpaired) electrons. The highest BCUT2D eigenvalue weighted by Gasteiger charge is 2.10. The number of pyridine rings is 1. The van der Waals surface area contributed by atoms with E-state index < -0.39 is 0 Å². The summed E-state index contributed by atoms with van der Waals surface area (Å²) >= 11 is 5.05. The molecule has 0 spiro atoms. The van der Waals surface area contributed by atoms with Crippen molar-refractivity contribution in [2.24, 2.45) is 5.73 Å². The molecule has 110 valence electrons. The van der Waals surface area contributed by atoms with E-state index in [1.54, 1.807) is 14.2 Å². The van der Waals surface area contributed by atoms with Crippen LogP contribution in [-0.2, 0) is 0 Å². The molecule has 1 aromatic heterocycles. The predicted octanol–water partition coefficient (Wildman–Crippen LogP) is 2.79. The van der Waals surface area contributed by atoms with Crippen molar-refractivity contribution < 1.29 is 9.47 Å². The van der Waals surface area contributed by atoms with Crippen molar-refractivity contribution in [3.63, 3.8) is 0 Å². The van der Waals surface area contributed by atoms with Gasteiger partial charge in [0.2, 0.25) is 0 Å². The topological polar surface area (TPSA) is 69.4 Å². The second-order valence-corrected chi connectivity index (χ2v) is 4.85. The summed E-state index contributed by atoms with van der Waals surface area (Å²) in [5, 5.41) is 3.21. The number of thiocarbonyl (C=S) groups is 1. The summed E-state index contributed by atoms with van der Waals surface area (Å²) < 4.78 is 10.5. The quantitative estimate of drug-likeness (QED) is 0.828. The standard InChI is InChI=1S/C15H17N3O2S/c1-9-4-6-11(14(16)21)15(17-9)18-10-5-7-12(19-2)13(8-10)20-3/h4-8H,1-3H3,(H2,16,21)(H,17,18). The smallest absolute Gasteiger partial charge is 0.162 e. The highest BCUT2D eigenvalue weighted by molar-refractivity contribution is 7.80. The summed E-state index contributed by atoms with van der Waals surface area (Å²) in [6.45, 7) is 1.91. The fourth-order valence-corrected chi connectivity index (χ4v) is 2.07. The fraction of sp³-hybridized carbons (Fsp3) is 0.200. The van der Waals surface area contributed by atoms with Gasteiger partial charge in [0.15, 0.2) is 11.5 Å². The molecule has 0 aliphatic heterocycles. The van der Waals surface area contributed by atoms with Gasteiger partial charge in [-0.2, -0.15) is 0 Å². The molecule has 0 aliphatic carbocycles. The molecule has 21 heavy (non-hydrogen) atoms. The van der Waals surface area contributed by atoms with Gasteiger partial charge in [0.25, 0.3) is 0 Å². The largest absolute Gasteiger partial charge is 0.493 e. The molecule has 2 aromatic rings. The minimum atomic E-state index is 0.297. The Kier molecular flexibility index (Phi) is 4.59. The number of aromatic nitrogens is 1. The van der Waals surface area contributed by atoms with Crippen molar-refractivity contribution in [2.75, 3.05) is 19.5 Å². The zero-order chi connectivity index (χ0) is 15.4. The lowest BCUT2D eigenvalue weighted by molar-refractivity contribution is 0.355. The third kappa shape index (κ3) is 3.41. The van der Waals surface area contributed by atoms with E-state index >= 15 is 0 Å². The van der Waals surface area contributed by atoms with Gasteiger partial charge in [-0.1, -0.05) is 12.2 Å². The van der Waals surface area contributed by atoms with E-state index in [1.165, 1.54) is 0 Å². The van der Waals surface area contributed by atoms with Gasteiger partial charge < -0.3 is 20.5 Å². The number of hydrogen-bond donors (Lipinski definition) is 2. The van der Waals surface area contributed by atoms with E-state index in [9.17, 15) is 0 Å². The number of nitrogens with one attached hydrogen (secondary N) is 1. The van der Waals surface area contributed by atoms with Crippen LogP contribution in [-0.4, -0.2) is 24.2 Å². The fourth-order valence-electron chi connectivity index (χ4n) is 1.90. The Hall–Kier alpha value is -2.34. The minimum Gasteiger partial charge on any atom is -0.493 e. The van der Waals surface area contributed by atoms with Gasteiger partial charge in [-0.25, -0.2) is 4.98 Å². The third-order valence-electron chi connectivity index (χ3n) is 2.95. The van der Waals surface area contributed by atoms with Crippen LogP contribution in [0.2, 0.25) is 0 Å². The van der Waals surface area contributed by atoms with E-state index in [-0.39, 0.29) is 0 Å². The first-order chi connectivity index (χ1) is 10.0. The lowest BCUT2D eigenvalue weighted by atomic mass is 10.2. The van der Waals surface area contributed by atoms with Gasteiger partial charge in [-0.3, -0.25) is 0 Å². The average molecular weight is 303 g/mol. The van der Waals surface area contributed by atoms with E-state index in [0.29, 0.717) is 27.9 Å². The first kappa shape index (κ1) is 15.1. The highest BCUT2D eigenvalue weighted by Crippen LogP contribution is 2.31. The molecule has 0 saturated heterocycles. The number of ether oxygens (including phenoxy) is 2. The molecule has 6 heteroatoms. The van der Waals surface area contributed by atoms with Crippen LogP contribution >= 0.6 is 12.2 Å². The average Bonchev–Trinajstić information content (AvgIpc) is 2.46. The molecule has 0 aliphatic rings. The monoisotopic (exact) mass is 303 g/mol. The second kappa shape index (κ2) is 6.41. The summed E-state index contributed by atoms with van der Waals surface area (Å²) in [6, 6.07) is 9.24. The number of hydrogen-bond acceptors (Lipinski definition) is 5.